The molecular formula is C22H23N3O4. The van der Waals surface area contributed by atoms with Crippen molar-refractivity contribution >= 4 is 28.7 Å². The summed E-state index contributed by atoms with van der Waals surface area (Å²) in [5.74, 6) is -2.32. The Balaban J connectivity index is 1.75. The fourth-order valence-electron chi connectivity index (χ4n) is 3.05. The number of hydrogen-bond acceptors (Lipinski definition) is 4. The summed E-state index contributed by atoms with van der Waals surface area (Å²) in [7, 11) is 0. The quantitative estimate of drug-likeness (QED) is 0.423. The van der Waals surface area contributed by atoms with E-state index in [9.17, 15) is 14.4 Å². The molecule has 2 aromatic carbocycles. The van der Waals surface area contributed by atoms with Gasteiger partial charge in [0, 0.05) is 30.1 Å². The molecule has 0 aliphatic rings. The van der Waals surface area contributed by atoms with Gasteiger partial charge in [-0.1, -0.05) is 48.5 Å². The van der Waals surface area contributed by atoms with E-state index < -0.39 is 17.9 Å². The maximum Gasteiger partial charge on any atom is 0.396 e. The molecule has 1 atom stereocenters. The predicted molar refractivity (Wildman–Crippen MR) is 109 cm³/mol. The summed E-state index contributed by atoms with van der Waals surface area (Å²) in [5, 5.41) is 6.28. The number of benzene rings is 2. The molecule has 0 fully saturated rings. The van der Waals surface area contributed by atoms with Crippen LogP contribution < -0.4 is 10.6 Å². The van der Waals surface area contributed by atoms with Gasteiger partial charge in [-0.15, -0.1) is 0 Å². The number of nitrogens with one attached hydrogen (secondary N) is 3. The summed E-state index contributed by atoms with van der Waals surface area (Å²) in [6.07, 6.45) is 2.04. The maximum absolute atomic E-state index is 12.8. The van der Waals surface area contributed by atoms with Crippen molar-refractivity contribution in [3.63, 3.8) is 0 Å². The molecule has 3 rings (SSSR count). The van der Waals surface area contributed by atoms with E-state index in [1.165, 1.54) is 0 Å². The van der Waals surface area contributed by atoms with Crippen LogP contribution in [-0.4, -0.2) is 35.4 Å². The third kappa shape index (κ3) is 5.22. The van der Waals surface area contributed by atoms with Gasteiger partial charge < -0.3 is 20.4 Å². The van der Waals surface area contributed by atoms with Crippen LogP contribution in [0.3, 0.4) is 0 Å². The van der Waals surface area contributed by atoms with Gasteiger partial charge in [-0.25, -0.2) is 4.79 Å². The lowest BCUT2D eigenvalue weighted by Crippen LogP contribution is -2.50. The molecule has 7 heteroatoms. The summed E-state index contributed by atoms with van der Waals surface area (Å²) >= 11 is 0. The summed E-state index contributed by atoms with van der Waals surface area (Å²) in [6.45, 7) is 2.01. The molecular weight excluding hydrogens is 370 g/mol. The Hall–Kier alpha value is -3.61. The minimum Gasteiger partial charge on any atom is -0.459 e. The topological polar surface area (TPSA) is 100 Å². The minimum atomic E-state index is -1.01. The molecule has 1 aromatic heterocycles. The average molecular weight is 393 g/mol. The van der Waals surface area contributed by atoms with Crippen LogP contribution in [0, 0.1) is 0 Å². The Kier molecular flexibility index (Phi) is 6.63. The minimum absolute atomic E-state index is 0.0829. The summed E-state index contributed by atoms with van der Waals surface area (Å²) in [6, 6.07) is 16.2. The fraction of sp³-hybridized carbons (Fsp3) is 0.227. The van der Waals surface area contributed by atoms with E-state index >= 15 is 0 Å². The molecule has 29 heavy (non-hydrogen) atoms. The SMILES string of the molecule is CCOC(=O)C(=O)N[C@@H](Cc1c[nH]c2ccccc12)C(=O)NCc1ccccc1. The third-order valence-corrected chi connectivity index (χ3v) is 4.49. The van der Waals surface area contributed by atoms with E-state index in [-0.39, 0.29) is 18.9 Å². The monoisotopic (exact) mass is 393 g/mol. The number of hydrogen-bond donors (Lipinski definition) is 3. The van der Waals surface area contributed by atoms with Gasteiger partial charge >= 0.3 is 11.9 Å². The van der Waals surface area contributed by atoms with Gasteiger partial charge in [0.1, 0.15) is 6.04 Å². The second kappa shape index (κ2) is 9.54. The lowest BCUT2D eigenvalue weighted by molar-refractivity contribution is -0.155. The first-order chi connectivity index (χ1) is 14.1. The van der Waals surface area contributed by atoms with Crippen LogP contribution in [0.2, 0.25) is 0 Å². The number of ether oxygens (including phenoxy) is 1. The largest absolute Gasteiger partial charge is 0.459 e. The van der Waals surface area contributed by atoms with Gasteiger partial charge in [-0.2, -0.15) is 0 Å². The zero-order chi connectivity index (χ0) is 20.6. The highest BCUT2D eigenvalue weighted by molar-refractivity contribution is 6.32. The van der Waals surface area contributed by atoms with E-state index in [4.69, 9.17) is 4.74 Å². The molecule has 1 heterocycles. The Bertz CT molecular complexity index is 997. The first-order valence-electron chi connectivity index (χ1n) is 9.42. The molecule has 7 nitrogen and oxygen atoms in total. The molecule has 0 saturated carbocycles. The van der Waals surface area contributed by atoms with Crippen molar-refractivity contribution in [3.05, 3.63) is 71.9 Å². The molecule has 0 spiro atoms. The Labute approximate surface area is 168 Å². The molecule has 0 bridgehead atoms. The third-order valence-electron chi connectivity index (χ3n) is 4.49. The van der Waals surface area contributed by atoms with E-state index in [1.807, 2.05) is 54.6 Å². The predicted octanol–water partition coefficient (Wildman–Crippen LogP) is 2.07. The van der Waals surface area contributed by atoms with Crippen molar-refractivity contribution in [2.45, 2.75) is 25.9 Å². The average Bonchev–Trinajstić information content (AvgIpc) is 3.15. The zero-order valence-electron chi connectivity index (χ0n) is 16.1. The van der Waals surface area contributed by atoms with Gasteiger partial charge in [-0.05, 0) is 24.1 Å². The smallest absolute Gasteiger partial charge is 0.396 e. The Morgan fingerprint density at radius 2 is 1.76 bits per heavy atom. The van der Waals surface area contributed by atoms with Gasteiger partial charge in [0.25, 0.3) is 0 Å². The second-order valence-corrected chi connectivity index (χ2v) is 6.51. The fourth-order valence-corrected chi connectivity index (χ4v) is 3.05. The van der Waals surface area contributed by atoms with Crippen molar-refractivity contribution in [3.8, 4) is 0 Å². The highest BCUT2D eigenvalue weighted by Gasteiger charge is 2.26. The summed E-state index contributed by atoms with van der Waals surface area (Å²) in [4.78, 5) is 39.8. The first-order valence-corrected chi connectivity index (χ1v) is 9.42. The number of amides is 2. The van der Waals surface area contributed by atoms with Gasteiger partial charge in [0.2, 0.25) is 5.91 Å². The summed E-state index contributed by atoms with van der Waals surface area (Å²) in [5.41, 5.74) is 2.73. The lowest BCUT2D eigenvalue weighted by Gasteiger charge is -2.18. The van der Waals surface area contributed by atoms with Crippen LogP contribution in [0.5, 0.6) is 0 Å². The number of aromatic amines is 1. The van der Waals surface area contributed by atoms with Crippen LogP contribution in [0.15, 0.2) is 60.8 Å². The van der Waals surface area contributed by atoms with Crippen molar-refractivity contribution in [1.29, 1.82) is 0 Å². The van der Waals surface area contributed by atoms with Crippen LogP contribution in [-0.2, 0) is 32.1 Å². The lowest BCUT2D eigenvalue weighted by atomic mass is 10.0. The van der Waals surface area contributed by atoms with Crippen LogP contribution >= 0.6 is 0 Å². The van der Waals surface area contributed by atoms with E-state index in [0.717, 1.165) is 22.0 Å². The number of esters is 1. The molecule has 0 radical (unpaired) electrons. The highest BCUT2D eigenvalue weighted by atomic mass is 16.5. The number of fused-ring (bicyclic) bond motifs is 1. The van der Waals surface area contributed by atoms with Gasteiger partial charge in [0.15, 0.2) is 0 Å². The Morgan fingerprint density at radius 1 is 1.03 bits per heavy atom. The van der Waals surface area contributed by atoms with E-state index in [0.29, 0.717) is 6.54 Å². The van der Waals surface area contributed by atoms with Crippen molar-refractivity contribution in [2.24, 2.45) is 0 Å². The number of carbonyl (C=O) groups is 3. The van der Waals surface area contributed by atoms with E-state index in [2.05, 4.69) is 15.6 Å². The van der Waals surface area contributed by atoms with Crippen molar-refractivity contribution in [2.75, 3.05) is 6.61 Å². The van der Waals surface area contributed by atoms with Crippen molar-refractivity contribution < 1.29 is 19.1 Å². The first kappa shape index (κ1) is 20.1. The number of para-hydroxylation sites is 1. The van der Waals surface area contributed by atoms with Crippen LogP contribution in [0.25, 0.3) is 10.9 Å². The number of H-pyrrole nitrogens is 1. The molecule has 150 valence electrons. The molecule has 3 N–H and O–H groups in total. The maximum atomic E-state index is 12.8. The molecule has 0 unspecified atom stereocenters. The number of aromatic nitrogens is 1. The number of rotatable bonds is 7. The number of carbonyl (C=O) groups excluding carboxylic acids is 3. The molecule has 2 amide bonds. The van der Waals surface area contributed by atoms with Gasteiger partial charge in [0.05, 0.1) is 6.61 Å². The summed E-state index contributed by atoms with van der Waals surface area (Å²) < 4.78 is 4.73. The van der Waals surface area contributed by atoms with Crippen molar-refractivity contribution in [1.82, 2.24) is 15.6 Å². The molecule has 0 aliphatic heterocycles. The van der Waals surface area contributed by atoms with Crippen LogP contribution in [0.4, 0.5) is 0 Å². The zero-order valence-corrected chi connectivity index (χ0v) is 16.1. The second-order valence-electron chi connectivity index (χ2n) is 6.51. The van der Waals surface area contributed by atoms with Crippen LogP contribution in [0.1, 0.15) is 18.1 Å². The molecule has 0 saturated heterocycles. The van der Waals surface area contributed by atoms with Gasteiger partial charge in [-0.3, -0.25) is 9.59 Å². The Morgan fingerprint density at radius 3 is 2.52 bits per heavy atom. The molecule has 0 aliphatic carbocycles. The van der Waals surface area contributed by atoms with E-state index in [1.54, 1.807) is 13.1 Å². The standard InChI is InChI=1S/C22H23N3O4/c1-2-29-22(28)21(27)25-19(20(26)24-13-15-8-4-3-5-9-15)12-16-14-23-18-11-7-6-10-17(16)18/h3-11,14,19,23H,2,12-13H2,1H3,(H,24,26)(H,25,27)/t19-/m0/s1. The normalized spacial score (nSPS) is 11.6. The highest BCUT2D eigenvalue weighted by Crippen LogP contribution is 2.19. The molecule has 3 aromatic rings.